The van der Waals surface area contributed by atoms with E-state index < -0.39 is 0 Å². The number of fused-ring (bicyclic) bond motifs is 1. The monoisotopic (exact) mass is 407 g/mol. The summed E-state index contributed by atoms with van der Waals surface area (Å²) in [7, 11) is 1.71. The fourth-order valence-electron chi connectivity index (χ4n) is 4.31. The van der Waals surface area contributed by atoms with E-state index in [4.69, 9.17) is 19.7 Å². The Hall–Kier alpha value is -2.47. The van der Waals surface area contributed by atoms with Crippen molar-refractivity contribution in [2.24, 2.45) is 0 Å². The zero-order valence-corrected chi connectivity index (χ0v) is 18.9. The largest absolute Gasteiger partial charge is 0.378 e. The molecule has 0 saturated carbocycles. The van der Waals surface area contributed by atoms with Gasteiger partial charge in [0, 0.05) is 44.1 Å². The normalized spacial score (nSPS) is 15.8. The van der Waals surface area contributed by atoms with E-state index in [0.717, 1.165) is 55.2 Å². The minimum absolute atomic E-state index is 0.0947. The van der Waals surface area contributed by atoms with Gasteiger partial charge >= 0.3 is 0 Å². The highest BCUT2D eigenvalue weighted by molar-refractivity contribution is 5.76. The van der Waals surface area contributed by atoms with Crippen LogP contribution in [0.2, 0.25) is 0 Å². The standard InChI is InChI=1S/C24H33N5O/c1-6-21-26-19-9-7-8-10-20(19)29(21)18-11-13-28(14-12-18)22-15-17(16-30-5)25-23(27-22)24(2,3)4/h7-10,15,18H,6,11-14,16H2,1-5H3. The summed E-state index contributed by atoms with van der Waals surface area (Å²) in [5.74, 6) is 3.09. The summed E-state index contributed by atoms with van der Waals surface area (Å²) in [5.41, 5.74) is 3.21. The second-order valence-corrected chi connectivity index (χ2v) is 9.18. The van der Waals surface area contributed by atoms with Gasteiger partial charge in [-0.3, -0.25) is 0 Å². The third-order valence-electron chi connectivity index (χ3n) is 5.87. The van der Waals surface area contributed by atoms with Crippen molar-refractivity contribution >= 4 is 16.9 Å². The maximum absolute atomic E-state index is 5.35. The van der Waals surface area contributed by atoms with E-state index in [9.17, 15) is 0 Å². The predicted octanol–water partition coefficient (Wildman–Crippen LogP) is 4.67. The molecule has 4 rings (SSSR count). The summed E-state index contributed by atoms with van der Waals surface area (Å²) in [6.07, 6.45) is 3.12. The van der Waals surface area contributed by atoms with Crippen LogP contribution in [-0.2, 0) is 23.2 Å². The van der Waals surface area contributed by atoms with Crippen LogP contribution in [0, 0.1) is 0 Å². The third-order valence-corrected chi connectivity index (χ3v) is 5.87. The van der Waals surface area contributed by atoms with Crippen LogP contribution in [0.3, 0.4) is 0 Å². The minimum Gasteiger partial charge on any atom is -0.378 e. The van der Waals surface area contributed by atoms with Gasteiger partial charge in [0.2, 0.25) is 0 Å². The van der Waals surface area contributed by atoms with E-state index in [1.165, 1.54) is 11.3 Å². The average molecular weight is 408 g/mol. The molecule has 1 fully saturated rings. The number of imidazole rings is 1. The molecule has 0 bridgehead atoms. The number of aromatic nitrogens is 4. The lowest BCUT2D eigenvalue weighted by Gasteiger charge is -2.35. The van der Waals surface area contributed by atoms with Crippen LogP contribution >= 0.6 is 0 Å². The Balaban J connectivity index is 1.58. The molecule has 0 spiro atoms. The fraction of sp³-hybridized carbons (Fsp3) is 0.542. The van der Waals surface area contributed by atoms with Crippen LogP contribution in [0.5, 0.6) is 0 Å². The number of para-hydroxylation sites is 2. The molecular weight excluding hydrogens is 374 g/mol. The average Bonchev–Trinajstić information content (AvgIpc) is 3.12. The number of rotatable bonds is 5. The minimum atomic E-state index is -0.0947. The summed E-state index contributed by atoms with van der Waals surface area (Å²) in [4.78, 5) is 16.9. The van der Waals surface area contributed by atoms with E-state index in [0.29, 0.717) is 12.6 Å². The van der Waals surface area contributed by atoms with Gasteiger partial charge in [-0.05, 0) is 25.0 Å². The number of ether oxygens (including phenoxy) is 1. The lowest BCUT2D eigenvalue weighted by molar-refractivity contribution is 0.181. The van der Waals surface area contributed by atoms with E-state index >= 15 is 0 Å². The topological polar surface area (TPSA) is 56.1 Å². The summed E-state index contributed by atoms with van der Waals surface area (Å²) in [6.45, 7) is 11.1. The summed E-state index contributed by atoms with van der Waals surface area (Å²) >= 11 is 0. The number of methoxy groups -OCH3 is 1. The number of piperidine rings is 1. The molecule has 1 aliphatic rings. The molecule has 6 nitrogen and oxygen atoms in total. The van der Waals surface area contributed by atoms with Crippen LogP contribution in [-0.4, -0.2) is 39.7 Å². The fourth-order valence-corrected chi connectivity index (χ4v) is 4.31. The molecule has 2 aromatic heterocycles. The van der Waals surface area contributed by atoms with Crippen LogP contribution in [0.15, 0.2) is 30.3 Å². The third kappa shape index (κ3) is 4.06. The Morgan fingerprint density at radius 2 is 1.80 bits per heavy atom. The zero-order valence-electron chi connectivity index (χ0n) is 18.9. The van der Waals surface area contributed by atoms with Gasteiger partial charge in [0.15, 0.2) is 0 Å². The number of anilines is 1. The first-order valence-electron chi connectivity index (χ1n) is 11.0. The zero-order chi connectivity index (χ0) is 21.3. The van der Waals surface area contributed by atoms with Crippen molar-refractivity contribution in [3.63, 3.8) is 0 Å². The van der Waals surface area contributed by atoms with Crippen LogP contribution in [0.1, 0.15) is 63.9 Å². The molecule has 3 heterocycles. The van der Waals surface area contributed by atoms with Crippen molar-refractivity contribution in [2.75, 3.05) is 25.1 Å². The van der Waals surface area contributed by atoms with Crippen molar-refractivity contribution in [1.82, 2.24) is 19.5 Å². The second-order valence-electron chi connectivity index (χ2n) is 9.18. The van der Waals surface area contributed by atoms with Gasteiger partial charge in [0.25, 0.3) is 0 Å². The SMILES string of the molecule is CCc1nc2ccccc2n1C1CCN(c2cc(COC)nc(C(C)(C)C)n2)CC1. The van der Waals surface area contributed by atoms with Crippen LogP contribution < -0.4 is 4.90 Å². The first-order valence-corrected chi connectivity index (χ1v) is 11.0. The molecule has 0 unspecified atom stereocenters. The first-order chi connectivity index (χ1) is 14.4. The smallest absolute Gasteiger partial charge is 0.136 e. The highest BCUT2D eigenvalue weighted by Crippen LogP contribution is 2.31. The van der Waals surface area contributed by atoms with Crippen LogP contribution in [0.25, 0.3) is 11.0 Å². The van der Waals surface area contributed by atoms with Crippen molar-refractivity contribution in [3.05, 3.63) is 47.7 Å². The van der Waals surface area contributed by atoms with Gasteiger partial charge in [0.1, 0.15) is 17.5 Å². The van der Waals surface area contributed by atoms with Gasteiger partial charge in [0.05, 0.1) is 23.3 Å². The summed E-state index contributed by atoms with van der Waals surface area (Å²) in [6, 6.07) is 11.1. The maximum atomic E-state index is 5.35. The van der Waals surface area contributed by atoms with E-state index in [1.807, 2.05) is 0 Å². The van der Waals surface area contributed by atoms with Crippen molar-refractivity contribution in [2.45, 2.75) is 65.0 Å². The van der Waals surface area contributed by atoms with E-state index in [1.54, 1.807) is 7.11 Å². The molecule has 160 valence electrons. The Bertz CT molecular complexity index is 1010. The highest BCUT2D eigenvalue weighted by Gasteiger charge is 2.26. The molecule has 0 amide bonds. The van der Waals surface area contributed by atoms with Crippen molar-refractivity contribution < 1.29 is 4.74 Å². The molecule has 0 atom stereocenters. The van der Waals surface area contributed by atoms with Gasteiger partial charge in [-0.2, -0.15) is 0 Å². The van der Waals surface area contributed by atoms with E-state index in [2.05, 4.69) is 67.5 Å². The molecule has 6 heteroatoms. The second kappa shape index (κ2) is 8.34. The maximum Gasteiger partial charge on any atom is 0.136 e. The van der Waals surface area contributed by atoms with Crippen molar-refractivity contribution in [3.8, 4) is 0 Å². The quantitative estimate of drug-likeness (QED) is 0.615. The molecule has 1 saturated heterocycles. The van der Waals surface area contributed by atoms with Crippen LogP contribution in [0.4, 0.5) is 5.82 Å². The number of hydrogen-bond acceptors (Lipinski definition) is 5. The summed E-state index contributed by atoms with van der Waals surface area (Å²) < 4.78 is 7.83. The van der Waals surface area contributed by atoms with Gasteiger partial charge in [-0.25, -0.2) is 15.0 Å². The Labute approximate surface area is 179 Å². The molecule has 1 aliphatic heterocycles. The molecule has 0 radical (unpaired) electrons. The first kappa shape index (κ1) is 20.8. The number of hydrogen-bond donors (Lipinski definition) is 0. The number of aryl methyl sites for hydroxylation is 1. The summed E-state index contributed by atoms with van der Waals surface area (Å²) in [5, 5.41) is 0. The van der Waals surface area contributed by atoms with Gasteiger partial charge < -0.3 is 14.2 Å². The highest BCUT2D eigenvalue weighted by atomic mass is 16.5. The number of benzene rings is 1. The molecule has 30 heavy (non-hydrogen) atoms. The molecular formula is C24H33N5O. The predicted molar refractivity (Wildman–Crippen MR) is 121 cm³/mol. The molecule has 1 aromatic carbocycles. The lowest BCUT2D eigenvalue weighted by atomic mass is 9.95. The number of nitrogens with zero attached hydrogens (tertiary/aromatic N) is 5. The molecule has 3 aromatic rings. The lowest BCUT2D eigenvalue weighted by Crippen LogP contribution is -2.36. The molecule has 0 aliphatic carbocycles. The Kier molecular flexibility index (Phi) is 5.78. The van der Waals surface area contributed by atoms with Gasteiger partial charge in [-0.15, -0.1) is 0 Å². The van der Waals surface area contributed by atoms with Crippen molar-refractivity contribution in [1.29, 1.82) is 0 Å². The Morgan fingerprint density at radius 3 is 2.47 bits per heavy atom. The molecule has 0 N–H and O–H groups in total. The van der Waals surface area contributed by atoms with Gasteiger partial charge in [-0.1, -0.05) is 39.8 Å². The van der Waals surface area contributed by atoms with E-state index in [-0.39, 0.29) is 5.41 Å². The Morgan fingerprint density at radius 1 is 1.07 bits per heavy atom.